The molecule has 5 nitrogen and oxygen atoms in total. The fourth-order valence-corrected chi connectivity index (χ4v) is 4.27. The summed E-state index contributed by atoms with van der Waals surface area (Å²) in [5.41, 5.74) is 3.56. The molecule has 5 rings (SSSR count). The minimum atomic E-state index is -0.232. The molecule has 1 fully saturated rings. The summed E-state index contributed by atoms with van der Waals surface area (Å²) in [6, 6.07) is 12.6. The maximum Gasteiger partial charge on any atom is 0.270 e. The van der Waals surface area contributed by atoms with Gasteiger partial charge in [0.2, 0.25) is 0 Å². The third-order valence-corrected chi connectivity index (χ3v) is 5.73. The Morgan fingerprint density at radius 1 is 1.11 bits per heavy atom. The van der Waals surface area contributed by atoms with Crippen LogP contribution >= 0.6 is 0 Å². The SMILES string of the molecule is O=C(c1cc2c(ccc3[nH]ncc32)[nH]1)N1CCCCC1Cc1ccc(F)cc1. The number of halogens is 1. The van der Waals surface area contributed by atoms with Gasteiger partial charge in [-0.3, -0.25) is 9.89 Å². The summed E-state index contributed by atoms with van der Waals surface area (Å²) >= 11 is 0. The number of likely N-dealkylation sites (tertiary alicyclic amines) is 1. The number of H-pyrrole nitrogens is 2. The fourth-order valence-electron chi connectivity index (χ4n) is 4.27. The molecular formula is C22H21FN4O. The monoisotopic (exact) mass is 376 g/mol. The van der Waals surface area contributed by atoms with Crippen molar-refractivity contribution in [3.05, 3.63) is 65.7 Å². The Morgan fingerprint density at radius 3 is 2.79 bits per heavy atom. The van der Waals surface area contributed by atoms with Crippen LogP contribution in [0.2, 0.25) is 0 Å². The van der Waals surface area contributed by atoms with Gasteiger partial charge in [0.25, 0.3) is 5.91 Å². The van der Waals surface area contributed by atoms with Crippen molar-refractivity contribution in [1.82, 2.24) is 20.1 Å². The van der Waals surface area contributed by atoms with E-state index in [1.54, 1.807) is 6.20 Å². The van der Waals surface area contributed by atoms with E-state index in [0.29, 0.717) is 5.69 Å². The molecule has 3 heterocycles. The first-order valence-electron chi connectivity index (χ1n) is 9.69. The lowest BCUT2D eigenvalue weighted by molar-refractivity contribution is 0.0608. The van der Waals surface area contributed by atoms with Gasteiger partial charge < -0.3 is 9.88 Å². The molecule has 1 atom stereocenters. The predicted octanol–water partition coefficient (Wildman–Crippen LogP) is 4.42. The molecule has 0 bridgehead atoms. The number of carbonyl (C=O) groups excluding carboxylic acids is 1. The van der Waals surface area contributed by atoms with Crippen LogP contribution in [0.25, 0.3) is 21.8 Å². The molecule has 1 unspecified atom stereocenters. The molecule has 0 aliphatic carbocycles. The van der Waals surface area contributed by atoms with Gasteiger partial charge in [0.05, 0.1) is 11.7 Å². The van der Waals surface area contributed by atoms with Gasteiger partial charge in [-0.15, -0.1) is 0 Å². The van der Waals surface area contributed by atoms with Gasteiger partial charge in [0, 0.05) is 28.9 Å². The number of carbonyl (C=O) groups is 1. The molecule has 28 heavy (non-hydrogen) atoms. The zero-order chi connectivity index (χ0) is 19.1. The van der Waals surface area contributed by atoms with Crippen LogP contribution in [-0.4, -0.2) is 38.6 Å². The second kappa shape index (κ2) is 6.78. The number of aromatic nitrogens is 3. The third kappa shape index (κ3) is 2.95. The van der Waals surface area contributed by atoms with Crippen LogP contribution in [0, 0.1) is 5.82 Å². The number of aromatic amines is 2. The number of nitrogens with zero attached hydrogens (tertiary/aromatic N) is 2. The normalized spacial score (nSPS) is 17.5. The fraction of sp³-hybridized carbons (Fsp3) is 0.273. The van der Waals surface area contributed by atoms with E-state index in [1.165, 1.54) is 12.1 Å². The van der Waals surface area contributed by atoms with Gasteiger partial charge in [0.1, 0.15) is 11.5 Å². The highest BCUT2D eigenvalue weighted by atomic mass is 19.1. The van der Waals surface area contributed by atoms with Crippen molar-refractivity contribution in [2.75, 3.05) is 6.54 Å². The zero-order valence-corrected chi connectivity index (χ0v) is 15.4. The van der Waals surface area contributed by atoms with E-state index in [0.717, 1.165) is 59.6 Å². The van der Waals surface area contributed by atoms with E-state index in [4.69, 9.17) is 0 Å². The Bertz CT molecular complexity index is 1140. The van der Waals surface area contributed by atoms with E-state index in [1.807, 2.05) is 35.2 Å². The van der Waals surface area contributed by atoms with Crippen LogP contribution in [0.3, 0.4) is 0 Å². The lowest BCUT2D eigenvalue weighted by Crippen LogP contribution is -2.45. The second-order valence-corrected chi connectivity index (χ2v) is 7.52. The summed E-state index contributed by atoms with van der Waals surface area (Å²) < 4.78 is 13.2. The molecular weight excluding hydrogens is 355 g/mol. The average Bonchev–Trinajstić information content (AvgIpc) is 3.36. The van der Waals surface area contributed by atoms with E-state index in [-0.39, 0.29) is 17.8 Å². The standard InChI is InChI=1S/C22H21FN4O/c23-15-6-4-14(5-7-15)11-16-3-1-2-10-27(16)22(28)21-12-17-18-13-24-26-20(18)9-8-19(17)25-21/h4-9,12-13,16,25H,1-3,10-11H2,(H,24,26). The first-order valence-corrected chi connectivity index (χ1v) is 9.69. The minimum absolute atomic E-state index is 0.0275. The highest BCUT2D eigenvalue weighted by Gasteiger charge is 2.28. The van der Waals surface area contributed by atoms with Gasteiger partial charge >= 0.3 is 0 Å². The van der Waals surface area contributed by atoms with Gasteiger partial charge in [-0.2, -0.15) is 5.10 Å². The molecule has 1 saturated heterocycles. The third-order valence-electron chi connectivity index (χ3n) is 5.73. The van der Waals surface area contributed by atoms with Crippen molar-refractivity contribution in [2.24, 2.45) is 0 Å². The Morgan fingerprint density at radius 2 is 1.93 bits per heavy atom. The highest BCUT2D eigenvalue weighted by molar-refractivity contribution is 6.08. The molecule has 2 N–H and O–H groups in total. The molecule has 0 spiro atoms. The summed E-state index contributed by atoms with van der Waals surface area (Å²) in [6.07, 6.45) is 5.63. The number of fused-ring (bicyclic) bond motifs is 3. The number of amides is 1. The van der Waals surface area contributed by atoms with Crippen molar-refractivity contribution in [3.8, 4) is 0 Å². The summed E-state index contributed by atoms with van der Waals surface area (Å²) in [5, 5.41) is 9.08. The Hall–Kier alpha value is -3.15. The van der Waals surface area contributed by atoms with Crippen LogP contribution in [0.5, 0.6) is 0 Å². The van der Waals surface area contributed by atoms with Crippen LogP contribution < -0.4 is 0 Å². The van der Waals surface area contributed by atoms with Gasteiger partial charge in [-0.05, 0) is 61.6 Å². The molecule has 142 valence electrons. The summed E-state index contributed by atoms with van der Waals surface area (Å²) in [4.78, 5) is 18.6. The van der Waals surface area contributed by atoms with Crippen molar-refractivity contribution in [2.45, 2.75) is 31.7 Å². The molecule has 2 aromatic carbocycles. The molecule has 1 amide bonds. The Labute approximate surface area is 161 Å². The first kappa shape index (κ1) is 17.0. The largest absolute Gasteiger partial charge is 0.351 e. The highest BCUT2D eigenvalue weighted by Crippen LogP contribution is 2.27. The topological polar surface area (TPSA) is 64.8 Å². The van der Waals surface area contributed by atoms with E-state index in [9.17, 15) is 9.18 Å². The zero-order valence-electron chi connectivity index (χ0n) is 15.4. The number of hydrogen-bond donors (Lipinski definition) is 2. The number of rotatable bonds is 3. The second-order valence-electron chi connectivity index (χ2n) is 7.52. The number of benzene rings is 2. The first-order chi connectivity index (χ1) is 13.7. The lowest BCUT2D eigenvalue weighted by Gasteiger charge is -2.35. The van der Waals surface area contributed by atoms with Crippen LogP contribution in [0.4, 0.5) is 4.39 Å². The Kier molecular flexibility index (Phi) is 4.11. The van der Waals surface area contributed by atoms with Crippen molar-refractivity contribution >= 4 is 27.7 Å². The Balaban J connectivity index is 1.45. The van der Waals surface area contributed by atoms with Crippen LogP contribution in [-0.2, 0) is 6.42 Å². The molecule has 2 aromatic heterocycles. The maximum absolute atomic E-state index is 13.3. The quantitative estimate of drug-likeness (QED) is 0.556. The number of piperidine rings is 1. The molecule has 0 radical (unpaired) electrons. The summed E-state index contributed by atoms with van der Waals surface area (Å²) in [6.45, 7) is 0.751. The van der Waals surface area contributed by atoms with Gasteiger partial charge in [-0.25, -0.2) is 4.39 Å². The maximum atomic E-state index is 13.3. The predicted molar refractivity (Wildman–Crippen MR) is 107 cm³/mol. The van der Waals surface area contributed by atoms with Crippen molar-refractivity contribution < 1.29 is 9.18 Å². The van der Waals surface area contributed by atoms with Crippen LogP contribution in [0.1, 0.15) is 35.3 Å². The molecule has 4 aromatic rings. The number of nitrogens with one attached hydrogen (secondary N) is 2. The van der Waals surface area contributed by atoms with Crippen LogP contribution in [0.15, 0.2) is 48.7 Å². The molecule has 1 aliphatic heterocycles. The van der Waals surface area contributed by atoms with E-state index >= 15 is 0 Å². The van der Waals surface area contributed by atoms with E-state index in [2.05, 4.69) is 15.2 Å². The average molecular weight is 376 g/mol. The van der Waals surface area contributed by atoms with Gasteiger partial charge in [0.15, 0.2) is 0 Å². The summed E-state index contributed by atoms with van der Waals surface area (Å²) in [7, 11) is 0. The lowest BCUT2D eigenvalue weighted by atomic mass is 9.95. The number of hydrogen-bond acceptors (Lipinski definition) is 2. The van der Waals surface area contributed by atoms with Crippen molar-refractivity contribution in [1.29, 1.82) is 0 Å². The molecule has 6 heteroatoms. The minimum Gasteiger partial charge on any atom is -0.351 e. The van der Waals surface area contributed by atoms with Crippen molar-refractivity contribution in [3.63, 3.8) is 0 Å². The summed E-state index contributed by atoms with van der Waals surface area (Å²) in [5.74, 6) is -0.205. The van der Waals surface area contributed by atoms with Gasteiger partial charge in [-0.1, -0.05) is 12.1 Å². The molecule has 1 aliphatic rings. The smallest absolute Gasteiger partial charge is 0.270 e. The molecule has 0 saturated carbocycles. The van der Waals surface area contributed by atoms with E-state index < -0.39 is 0 Å².